The van der Waals surface area contributed by atoms with Crippen LogP contribution in [0.15, 0.2) is 22.8 Å². The maximum atomic E-state index is 12.4. The van der Waals surface area contributed by atoms with Crippen LogP contribution in [0.1, 0.15) is 36.2 Å². The van der Waals surface area contributed by atoms with Crippen molar-refractivity contribution in [2.45, 2.75) is 31.7 Å². The minimum atomic E-state index is 0.0359. The number of rotatable bonds is 5. The lowest BCUT2D eigenvalue weighted by Crippen LogP contribution is -2.42. The average Bonchev–Trinajstić information content (AvgIpc) is 3.01. The summed E-state index contributed by atoms with van der Waals surface area (Å²) in [7, 11) is 4.06. The molecule has 18 heavy (non-hydrogen) atoms. The number of furan rings is 1. The van der Waals surface area contributed by atoms with E-state index >= 15 is 0 Å². The van der Waals surface area contributed by atoms with E-state index in [0.29, 0.717) is 11.8 Å². The van der Waals surface area contributed by atoms with Crippen LogP contribution < -0.4 is 0 Å². The van der Waals surface area contributed by atoms with E-state index in [1.54, 1.807) is 18.4 Å². The number of nitrogens with zero attached hydrogens (tertiary/aromatic N) is 2. The number of hydrogen-bond donors (Lipinski definition) is 0. The predicted molar refractivity (Wildman–Crippen MR) is 70.6 cm³/mol. The first kappa shape index (κ1) is 13.1. The fourth-order valence-electron chi connectivity index (χ4n) is 2.52. The Morgan fingerprint density at radius 3 is 2.61 bits per heavy atom. The molecule has 0 radical (unpaired) electrons. The molecular formula is C14H22N2O2. The van der Waals surface area contributed by atoms with Gasteiger partial charge in [-0.15, -0.1) is 0 Å². The van der Waals surface area contributed by atoms with Crippen molar-refractivity contribution in [3.63, 3.8) is 0 Å². The zero-order chi connectivity index (χ0) is 13.0. The summed E-state index contributed by atoms with van der Waals surface area (Å²) in [5.41, 5.74) is 0. The number of hydrogen-bond acceptors (Lipinski definition) is 3. The summed E-state index contributed by atoms with van der Waals surface area (Å²) < 4.78 is 5.24. The monoisotopic (exact) mass is 250 g/mol. The first-order valence-corrected chi connectivity index (χ1v) is 6.67. The van der Waals surface area contributed by atoms with Gasteiger partial charge in [-0.05, 0) is 39.1 Å². The molecule has 1 aliphatic rings. The van der Waals surface area contributed by atoms with Crippen molar-refractivity contribution < 1.29 is 9.21 Å². The largest absolute Gasteiger partial charge is 0.459 e. The molecule has 1 heterocycles. The quantitative estimate of drug-likeness (QED) is 0.804. The van der Waals surface area contributed by atoms with Crippen molar-refractivity contribution in [3.05, 3.63) is 24.2 Å². The summed E-state index contributed by atoms with van der Waals surface area (Å²) >= 11 is 0. The summed E-state index contributed by atoms with van der Waals surface area (Å²) in [4.78, 5) is 16.5. The zero-order valence-electron chi connectivity index (χ0n) is 11.3. The lowest BCUT2D eigenvalue weighted by atomic mass is 10.2. The van der Waals surface area contributed by atoms with Gasteiger partial charge < -0.3 is 14.2 Å². The minimum absolute atomic E-state index is 0.0359. The van der Waals surface area contributed by atoms with Gasteiger partial charge >= 0.3 is 0 Å². The second-order valence-electron chi connectivity index (χ2n) is 5.22. The van der Waals surface area contributed by atoms with Gasteiger partial charge in [0.15, 0.2) is 5.76 Å². The molecule has 1 aromatic rings. The molecule has 100 valence electrons. The van der Waals surface area contributed by atoms with Crippen LogP contribution in [0.5, 0.6) is 0 Å². The van der Waals surface area contributed by atoms with E-state index in [2.05, 4.69) is 4.90 Å². The molecule has 1 saturated carbocycles. The van der Waals surface area contributed by atoms with Gasteiger partial charge in [0.25, 0.3) is 5.91 Å². The molecule has 0 bridgehead atoms. The highest BCUT2D eigenvalue weighted by Crippen LogP contribution is 2.24. The van der Waals surface area contributed by atoms with Gasteiger partial charge in [0, 0.05) is 19.1 Å². The predicted octanol–water partition coefficient (Wildman–Crippen LogP) is 2.23. The summed E-state index contributed by atoms with van der Waals surface area (Å²) in [5, 5.41) is 0. The molecule has 0 N–H and O–H groups in total. The number of carbonyl (C=O) groups excluding carboxylic acids is 1. The molecule has 1 aromatic heterocycles. The maximum Gasteiger partial charge on any atom is 0.289 e. The molecule has 1 fully saturated rings. The highest BCUT2D eigenvalue weighted by molar-refractivity contribution is 5.91. The Morgan fingerprint density at radius 2 is 2.06 bits per heavy atom. The zero-order valence-corrected chi connectivity index (χ0v) is 11.3. The van der Waals surface area contributed by atoms with E-state index in [9.17, 15) is 4.79 Å². The van der Waals surface area contributed by atoms with Gasteiger partial charge in [-0.3, -0.25) is 4.79 Å². The summed E-state index contributed by atoms with van der Waals surface area (Å²) in [6.45, 7) is 1.67. The van der Waals surface area contributed by atoms with Crippen LogP contribution in [0.4, 0.5) is 0 Å². The van der Waals surface area contributed by atoms with Crippen LogP contribution >= 0.6 is 0 Å². The highest BCUT2D eigenvalue weighted by Gasteiger charge is 2.28. The molecule has 1 aliphatic carbocycles. The lowest BCUT2D eigenvalue weighted by molar-refractivity contribution is 0.0635. The summed E-state index contributed by atoms with van der Waals surface area (Å²) in [5.74, 6) is 0.495. The Kier molecular flexibility index (Phi) is 4.42. The summed E-state index contributed by atoms with van der Waals surface area (Å²) in [6.07, 6.45) is 6.27. The average molecular weight is 250 g/mol. The van der Waals surface area contributed by atoms with E-state index in [1.807, 2.05) is 19.0 Å². The van der Waals surface area contributed by atoms with Gasteiger partial charge in [0.05, 0.1) is 6.26 Å². The van der Waals surface area contributed by atoms with Crippen LogP contribution in [-0.2, 0) is 0 Å². The van der Waals surface area contributed by atoms with Crippen molar-refractivity contribution in [3.8, 4) is 0 Å². The van der Waals surface area contributed by atoms with E-state index in [-0.39, 0.29) is 5.91 Å². The highest BCUT2D eigenvalue weighted by atomic mass is 16.3. The molecule has 0 atom stereocenters. The Morgan fingerprint density at radius 1 is 1.33 bits per heavy atom. The molecule has 0 spiro atoms. The van der Waals surface area contributed by atoms with Crippen molar-refractivity contribution in [1.29, 1.82) is 0 Å². The molecule has 0 aromatic carbocycles. The van der Waals surface area contributed by atoms with Gasteiger partial charge in [0.1, 0.15) is 0 Å². The molecule has 0 unspecified atom stereocenters. The van der Waals surface area contributed by atoms with E-state index in [0.717, 1.165) is 25.9 Å². The van der Waals surface area contributed by atoms with E-state index < -0.39 is 0 Å². The maximum absolute atomic E-state index is 12.4. The van der Waals surface area contributed by atoms with Gasteiger partial charge in [-0.25, -0.2) is 0 Å². The first-order chi connectivity index (χ1) is 8.68. The molecular weight excluding hydrogens is 228 g/mol. The summed E-state index contributed by atoms with van der Waals surface area (Å²) in [6, 6.07) is 3.91. The van der Waals surface area contributed by atoms with Crippen molar-refractivity contribution in [1.82, 2.24) is 9.80 Å². The first-order valence-electron chi connectivity index (χ1n) is 6.67. The normalized spacial score (nSPS) is 16.4. The molecule has 4 nitrogen and oxygen atoms in total. The second-order valence-corrected chi connectivity index (χ2v) is 5.22. The van der Waals surface area contributed by atoms with E-state index in [4.69, 9.17) is 4.42 Å². The van der Waals surface area contributed by atoms with Crippen LogP contribution in [-0.4, -0.2) is 48.9 Å². The van der Waals surface area contributed by atoms with Crippen LogP contribution in [0.3, 0.4) is 0 Å². The standard InChI is InChI=1S/C14H22N2O2/c1-15(2)9-10-16(12-6-3-4-7-12)14(17)13-8-5-11-18-13/h5,8,11-12H,3-4,6-7,9-10H2,1-2H3. The third-order valence-corrected chi connectivity index (χ3v) is 3.55. The topological polar surface area (TPSA) is 36.7 Å². The van der Waals surface area contributed by atoms with Crippen LogP contribution in [0, 0.1) is 0 Å². The Hall–Kier alpha value is -1.29. The van der Waals surface area contributed by atoms with Crippen molar-refractivity contribution in [2.24, 2.45) is 0 Å². The van der Waals surface area contributed by atoms with Gasteiger partial charge in [0.2, 0.25) is 0 Å². The number of carbonyl (C=O) groups is 1. The number of amides is 1. The fourth-order valence-corrected chi connectivity index (χ4v) is 2.52. The fraction of sp³-hybridized carbons (Fsp3) is 0.643. The van der Waals surface area contributed by atoms with Gasteiger partial charge in [-0.1, -0.05) is 12.8 Å². The molecule has 0 saturated heterocycles. The second kappa shape index (κ2) is 6.05. The molecule has 2 rings (SSSR count). The van der Waals surface area contributed by atoms with Gasteiger partial charge in [-0.2, -0.15) is 0 Å². The smallest absolute Gasteiger partial charge is 0.289 e. The lowest BCUT2D eigenvalue weighted by Gasteiger charge is -2.29. The van der Waals surface area contributed by atoms with Crippen LogP contribution in [0.2, 0.25) is 0 Å². The van der Waals surface area contributed by atoms with E-state index in [1.165, 1.54) is 12.8 Å². The minimum Gasteiger partial charge on any atom is -0.459 e. The third kappa shape index (κ3) is 3.13. The third-order valence-electron chi connectivity index (χ3n) is 3.55. The van der Waals surface area contributed by atoms with Crippen LogP contribution in [0.25, 0.3) is 0 Å². The van der Waals surface area contributed by atoms with Crippen molar-refractivity contribution >= 4 is 5.91 Å². The molecule has 1 amide bonds. The van der Waals surface area contributed by atoms with Crippen molar-refractivity contribution in [2.75, 3.05) is 27.2 Å². The SMILES string of the molecule is CN(C)CCN(C(=O)c1ccco1)C1CCCC1. The Bertz CT molecular complexity index is 367. The molecule has 0 aliphatic heterocycles. The number of likely N-dealkylation sites (N-methyl/N-ethyl adjacent to an activating group) is 1. The Labute approximate surface area is 109 Å². The Balaban J connectivity index is 2.05. The molecule has 4 heteroatoms.